The van der Waals surface area contributed by atoms with Crippen LogP contribution in [0.15, 0.2) is 29.4 Å². The van der Waals surface area contributed by atoms with Gasteiger partial charge in [0.25, 0.3) is 5.91 Å². The molecule has 0 fully saturated rings. The fourth-order valence-electron chi connectivity index (χ4n) is 1.55. The van der Waals surface area contributed by atoms with Crippen LogP contribution in [-0.4, -0.2) is 37.8 Å². The summed E-state index contributed by atoms with van der Waals surface area (Å²) in [5.41, 5.74) is 3.65. The second-order valence-corrected chi connectivity index (χ2v) is 4.45. The maximum atomic E-state index is 11.6. The summed E-state index contributed by atoms with van der Waals surface area (Å²) in [5, 5.41) is 6.79. The summed E-state index contributed by atoms with van der Waals surface area (Å²) in [5.74, 6) is 0.0718. The zero-order valence-corrected chi connectivity index (χ0v) is 13.0. The molecule has 0 aliphatic rings. The third kappa shape index (κ3) is 6.74. The Morgan fingerprint density at radius 1 is 1.23 bits per heavy atom. The van der Waals surface area contributed by atoms with E-state index in [2.05, 4.69) is 15.8 Å². The summed E-state index contributed by atoms with van der Waals surface area (Å²) in [4.78, 5) is 22.9. The molecule has 0 atom stereocenters. The van der Waals surface area contributed by atoms with E-state index in [1.807, 2.05) is 0 Å². The van der Waals surface area contributed by atoms with E-state index in [0.717, 1.165) is 11.4 Å². The molecule has 0 aromatic heterocycles. The molecule has 1 amide bonds. The minimum Gasteiger partial charge on any atom is -0.497 e. The van der Waals surface area contributed by atoms with E-state index in [0.29, 0.717) is 12.3 Å². The Bertz CT molecular complexity index is 526. The van der Waals surface area contributed by atoms with Crippen molar-refractivity contribution in [3.63, 3.8) is 0 Å². The van der Waals surface area contributed by atoms with Gasteiger partial charge >= 0.3 is 5.97 Å². The van der Waals surface area contributed by atoms with Crippen molar-refractivity contribution in [1.29, 1.82) is 0 Å². The predicted octanol–water partition coefficient (Wildman–Crippen LogP) is 1.55. The molecule has 2 N–H and O–H groups in total. The molecule has 120 valence electrons. The molecule has 1 aromatic carbocycles. The van der Waals surface area contributed by atoms with Gasteiger partial charge < -0.3 is 14.8 Å². The van der Waals surface area contributed by atoms with Crippen molar-refractivity contribution in [2.24, 2.45) is 5.10 Å². The van der Waals surface area contributed by atoms with E-state index in [1.165, 1.54) is 0 Å². The van der Waals surface area contributed by atoms with Crippen LogP contribution < -0.4 is 15.5 Å². The molecule has 7 heteroatoms. The van der Waals surface area contributed by atoms with E-state index in [4.69, 9.17) is 9.47 Å². The second-order valence-electron chi connectivity index (χ2n) is 4.45. The van der Waals surface area contributed by atoms with Crippen LogP contribution in [-0.2, 0) is 14.3 Å². The first-order valence-corrected chi connectivity index (χ1v) is 6.90. The summed E-state index contributed by atoms with van der Waals surface area (Å²) < 4.78 is 9.83. The molecule has 0 saturated carbocycles. The van der Waals surface area contributed by atoms with Gasteiger partial charge in [0.05, 0.1) is 26.7 Å². The number of rotatable bonds is 8. The quantitative estimate of drug-likeness (QED) is 0.432. The highest BCUT2D eigenvalue weighted by molar-refractivity contribution is 5.98. The maximum absolute atomic E-state index is 11.6. The third-order valence-electron chi connectivity index (χ3n) is 2.62. The van der Waals surface area contributed by atoms with Gasteiger partial charge in [-0.15, -0.1) is 0 Å². The van der Waals surface area contributed by atoms with Crippen LogP contribution in [0.5, 0.6) is 5.75 Å². The summed E-state index contributed by atoms with van der Waals surface area (Å²) in [6.45, 7) is 3.78. The number of hydrogen-bond donors (Lipinski definition) is 2. The van der Waals surface area contributed by atoms with Crippen LogP contribution in [0.1, 0.15) is 20.3 Å². The Hall–Kier alpha value is -2.57. The summed E-state index contributed by atoms with van der Waals surface area (Å²) in [6, 6.07) is 7.20. The van der Waals surface area contributed by atoms with Crippen LogP contribution >= 0.6 is 0 Å². The zero-order chi connectivity index (χ0) is 16.4. The van der Waals surface area contributed by atoms with Gasteiger partial charge in [-0.1, -0.05) is 0 Å². The monoisotopic (exact) mass is 307 g/mol. The topological polar surface area (TPSA) is 89.0 Å². The number of methoxy groups -OCH3 is 1. The van der Waals surface area contributed by atoms with Gasteiger partial charge in [-0.05, 0) is 38.1 Å². The first kappa shape index (κ1) is 17.5. The van der Waals surface area contributed by atoms with Gasteiger partial charge in [-0.2, -0.15) is 5.10 Å². The lowest BCUT2D eigenvalue weighted by atomic mass is 10.3. The van der Waals surface area contributed by atoms with Crippen molar-refractivity contribution in [2.75, 3.05) is 25.6 Å². The van der Waals surface area contributed by atoms with Crippen LogP contribution in [0, 0.1) is 0 Å². The summed E-state index contributed by atoms with van der Waals surface area (Å²) in [6.07, 6.45) is 0.0556. The average molecular weight is 307 g/mol. The normalized spacial score (nSPS) is 10.8. The molecular weight excluding hydrogens is 286 g/mol. The van der Waals surface area contributed by atoms with Crippen molar-refractivity contribution in [3.8, 4) is 5.75 Å². The van der Waals surface area contributed by atoms with Gasteiger partial charge in [0, 0.05) is 11.4 Å². The highest BCUT2D eigenvalue weighted by Crippen LogP contribution is 2.14. The van der Waals surface area contributed by atoms with Gasteiger partial charge in [-0.3, -0.25) is 9.59 Å². The largest absolute Gasteiger partial charge is 0.497 e. The van der Waals surface area contributed by atoms with E-state index in [-0.39, 0.29) is 24.8 Å². The number of nitrogens with one attached hydrogen (secondary N) is 2. The van der Waals surface area contributed by atoms with Crippen LogP contribution in [0.2, 0.25) is 0 Å². The molecular formula is C15H21N3O4. The van der Waals surface area contributed by atoms with Crippen LogP contribution in [0.3, 0.4) is 0 Å². The number of hydrazone groups is 1. The standard InChI is InChI=1S/C15H21N3O4/c1-4-22-15(20)9-11(2)17-18-14(19)10-16-12-5-7-13(21-3)8-6-12/h5-8,16H,4,9-10H2,1-3H3,(H,18,19)/b17-11+. The number of nitrogens with zero attached hydrogens (tertiary/aromatic N) is 1. The SMILES string of the molecule is CCOC(=O)C/C(C)=N/NC(=O)CNc1ccc(OC)cc1. The fourth-order valence-corrected chi connectivity index (χ4v) is 1.55. The third-order valence-corrected chi connectivity index (χ3v) is 2.62. The van der Waals surface area contributed by atoms with E-state index >= 15 is 0 Å². The number of benzene rings is 1. The van der Waals surface area contributed by atoms with Crippen molar-refractivity contribution in [1.82, 2.24) is 5.43 Å². The van der Waals surface area contributed by atoms with E-state index in [9.17, 15) is 9.59 Å². The van der Waals surface area contributed by atoms with Gasteiger partial charge in [0.1, 0.15) is 5.75 Å². The molecule has 1 aromatic rings. The lowest BCUT2D eigenvalue weighted by molar-refractivity contribution is -0.141. The fraction of sp³-hybridized carbons (Fsp3) is 0.400. The Labute approximate surface area is 129 Å². The summed E-state index contributed by atoms with van der Waals surface area (Å²) >= 11 is 0. The molecule has 22 heavy (non-hydrogen) atoms. The smallest absolute Gasteiger partial charge is 0.311 e. The second kappa shape index (κ2) is 9.38. The number of carbonyl (C=O) groups excluding carboxylic acids is 2. The number of carbonyl (C=O) groups is 2. The Kier molecular flexibility index (Phi) is 7.45. The molecule has 1 rings (SSSR count). The number of anilines is 1. The predicted molar refractivity (Wildman–Crippen MR) is 84.0 cm³/mol. The van der Waals surface area contributed by atoms with Gasteiger partial charge in [-0.25, -0.2) is 5.43 Å². The molecule has 7 nitrogen and oxygen atoms in total. The number of amides is 1. The molecule has 0 heterocycles. The highest BCUT2D eigenvalue weighted by Gasteiger charge is 2.05. The summed E-state index contributed by atoms with van der Waals surface area (Å²) in [7, 11) is 1.59. The van der Waals surface area contributed by atoms with E-state index < -0.39 is 0 Å². The Morgan fingerprint density at radius 2 is 1.91 bits per heavy atom. The molecule has 0 aliphatic carbocycles. The minimum absolute atomic E-state index is 0.0556. The van der Waals surface area contributed by atoms with Crippen LogP contribution in [0.25, 0.3) is 0 Å². The Balaban J connectivity index is 2.34. The maximum Gasteiger partial charge on any atom is 0.311 e. The molecule has 0 radical (unpaired) electrons. The molecule has 0 unspecified atom stereocenters. The number of ether oxygens (including phenoxy) is 2. The molecule has 0 saturated heterocycles. The van der Waals surface area contributed by atoms with Crippen LogP contribution in [0.4, 0.5) is 5.69 Å². The molecule has 0 aliphatic heterocycles. The molecule has 0 spiro atoms. The van der Waals surface area contributed by atoms with Crippen molar-refractivity contribution in [3.05, 3.63) is 24.3 Å². The van der Waals surface area contributed by atoms with Gasteiger partial charge in [0.15, 0.2) is 0 Å². The number of hydrogen-bond acceptors (Lipinski definition) is 6. The molecule has 0 bridgehead atoms. The highest BCUT2D eigenvalue weighted by atomic mass is 16.5. The van der Waals surface area contributed by atoms with Crippen molar-refractivity contribution >= 4 is 23.3 Å². The first-order valence-electron chi connectivity index (χ1n) is 6.90. The zero-order valence-electron chi connectivity index (χ0n) is 13.0. The van der Waals surface area contributed by atoms with Crippen molar-refractivity contribution < 1.29 is 19.1 Å². The average Bonchev–Trinajstić information content (AvgIpc) is 2.51. The van der Waals surface area contributed by atoms with E-state index in [1.54, 1.807) is 45.2 Å². The lowest BCUT2D eigenvalue weighted by Gasteiger charge is -2.07. The first-order chi connectivity index (χ1) is 10.5. The minimum atomic E-state index is -0.366. The lowest BCUT2D eigenvalue weighted by Crippen LogP contribution is -2.27. The van der Waals surface area contributed by atoms with Gasteiger partial charge in [0.2, 0.25) is 0 Å². The van der Waals surface area contributed by atoms with Crippen molar-refractivity contribution in [2.45, 2.75) is 20.3 Å². The number of esters is 1. The Morgan fingerprint density at radius 3 is 2.50 bits per heavy atom.